The lowest BCUT2D eigenvalue weighted by Gasteiger charge is -2.15. The van der Waals surface area contributed by atoms with E-state index in [1.165, 1.54) is 0 Å². The van der Waals surface area contributed by atoms with Crippen LogP contribution < -0.4 is 15.2 Å². The maximum atomic E-state index is 13.8. The molecule has 0 saturated carbocycles. The molecule has 0 spiro atoms. The molecule has 1 atom stereocenters. The number of fused-ring (bicyclic) bond motifs is 1. The molecule has 0 bridgehead atoms. The molecule has 2 rings (SSSR count). The molecule has 1 aliphatic rings. The molecule has 0 saturated heterocycles. The van der Waals surface area contributed by atoms with E-state index in [2.05, 4.69) is 0 Å². The molecule has 1 aliphatic heterocycles. The molecule has 0 aliphatic carbocycles. The van der Waals surface area contributed by atoms with Gasteiger partial charge in [0, 0.05) is 18.5 Å². The predicted octanol–water partition coefficient (Wildman–Crippen LogP) is 1.12. The molecule has 0 aromatic heterocycles. The van der Waals surface area contributed by atoms with Crippen molar-refractivity contribution in [2.24, 2.45) is 5.73 Å². The van der Waals surface area contributed by atoms with Crippen molar-refractivity contribution in [3.05, 3.63) is 17.4 Å². The van der Waals surface area contributed by atoms with E-state index >= 15 is 0 Å². The van der Waals surface area contributed by atoms with Gasteiger partial charge in [0.15, 0.2) is 23.1 Å². The van der Waals surface area contributed by atoms with Crippen molar-refractivity contribution in [3.63, 3.8) is 0 Å². The number of hydrogen-bond donors (Lipinski definition) is 3. The van der Waals surface area contributed by atoms with Crippen LogP contribution >= 0.6 is 0 Å². The van der Waals surface area contributed by atoms with Gasteiger partial charge in [0.25, 0.3) is 0 Å². The van der Waals surface area contributed by atoms with Gasteiger partial charge in [-0.2, -0.15) is 0 Å². The number of carboxylic acids is 1. The van der Waals surface area contributed by atoms with Crippen molar-refractivity contribution in [2.75, 3.05) is 6.79 Å². The lowest BCUT2D eigenvalue weighted by molar-refractivity contribution is -0.137. The van der Waals surface area contributed by atoms with Gasteiger partial charge in [0.05, 0.1) is 5.56 Å². The monoisotopic (exact) mass is 257 g/mol. The molecule has 18 heavy (non-hydrogen) atoms. The lowest BCUT2D eigenvalue weighted by Crippen LogP contribution is -2.15. The number of phenols is 1. The first-order valence-electron chi connectivity index (χ1n) is 5.29. The summed E-state index contributed by atoms with van der Waals surface area (Å²) >= 11 is 0. The molecule has 4 N–H and O–H groups in total. The first-order chi connectivity index (χ1) is 8.50. The van der Waals surface area contributed by atoms with Gasteiger partial charge in [0.1, 0.15) is 0 Å². The summed E-state index contributed by atoms with van der Waals surface area (Å²) < 4.78 is 23.9. The largest absolute Gasteiger partial charge is 0.505 e. The third-order valence-corrected chi connectivity index (χ3v) is 2.66. The topological polar surface area (TPSA) is 102 Å². The summed E-state index contributed by atoms with van der Waals surface area (Å²) in [7, 11) is 0. The number of rotatable bonds is 4. The Morgan fingerprint density at radius 1 is 1.56 bits per heavy atom. The highest BCUT2D eigenvalue weighted by molar-refractivity contribution is 5.66. The maximum Gasteiger partial charge on any atom is 0.303 e. The van der Waals surface area contributed by atoms with Crippen molar-refractivity contribution in [3.8, 4) is 17.2 Å². The van der Waals surface area contributed by atoms with Crippen LogP contribution in [0, 0.1) is 5.82 Å². The van der Waals surface area contributed by atoms with E-state index in [0.717, 1.165) is 6.07 Å². The minimum Gasteiger partial charge on any atom is -0.505 e. The van der Waals surface area contributed by atoms with Crippen molar-refractivity contribution >= 4 is 5.97 Å². The number of carboxylic acid groups (broad SMARTS) is 1. The zero-order valence-corrected chi connectivity index (χ0v) is 9.35. The fraction of sp³-hybridized carbons (Fsp3) is 0.364. The van der Waals surface area contributed by atoms with Gasteiger partial charge >= 0.3 is 5.97 Å². The summed E-state index contributed by atoms with van der Waals surface area (Å²) in [6.45, 7) is -0.0864. The minimum atomic E-state index is -1.03. The van der Waals surface area contributed by atoms with Gasteiger partial charge in [0.2, 0.25) is 6.79 Å². The van der Waals surface area contributed by atoms with Crippen LogP contribution in [0.15, 0.2) is 6.07 Å². The first-order valence-corrected chi connectivity index (χ1v) is 5.29. The van der Waals surface area contributed by atoms with Gasteiger partial charge < -0.3 is 25.4 Å². The van der Waals surface area contributed by atoms with Gasteiger partial charge in [-0.15, -0.1) is 0 Å². The molecule has 1 aromatic carbocycles. The highest BCUT2D eigenvalue weighted by Crippen LogP contribution is 2.44. The lowest BCUT2D eigenvalue weighted by atomic mass is 10.00. The fourth-order valence-corrected chi connectivity index (χ4v) is 1.79. The predicted molar refractivity (Wildman–Crippen MR) is 58.0 cm³/mol. The number of hydrogen-bond acceptors (Lipinski definition) is 5. The SMILES string of the molecule is NC(CCC(=O)O)c1c(F)c(O)cc2c1OCO2. The number of ether oxygens (including phenoxy) is 2. The van der Waals surface area contributed by atoms with Crippen LogP contribution in [0.5, 0.6) is 17.2 Å². The first kappa shape index (κ1) is 12.4. The summed E-state index contributed by atoms with van der Waals surface area (Å²) in [4.78, 5) is 10.5. The summed E-state index contributed by atoms with van der Waals surface area (Å²) in [5.74, 6) is -2.20. The molecule has 0 radical (unpaired) electrons. The van der Waals surface area contributed by atoms with E-state index in [1.54, 1.807) is 0 Å². The zero-order chi connectivity index (χ0) is 13.3. The van der Waals surface area contributed by atoms with Crippen LogP contribution in [0.2, 0.25) is 0 Å². The van der Waals surface area contributed by atoms with Crippen LogP contribution in [0.1, 0.15) is 24.4 Å². The van der Waals surface area contributed by atoms with E-state index < -0.39 is 23.6 Å². The number of benzene rings is 1. The normalized spacial score (nSPS) is 14.6. The molecule has 0 fully saturated rings. The van der Waals surface area contributed by atoms with E-state index in [4.69, 9.17) is 20.3 Å². The number of carbonyl (C=O) groups is 1. The van der Waals surface area contributed by atoms with Gasteiger partial charge in [-0.05, 0) is 6.42 Å². The molecule has 1 aromatic rings. The Hall–Kier alpha value is -2.02. The average Bonchev–Trinajstić information content (AvgIpc) is 2.74. The second kappa shape index (κ2) is 4.69. The van der Waals surface area contributed by atoms with E-state index in [0.29, 0.717) is 0 Å². The molecular formula is C11H12FNO5. The number of aliphatic carboxylic acids is 1. The summed E-state index contributed by atoms with van der Waals surface area (Å²) in [6.07, 6.45) is -0.169. The Bertz CT molecular complexity index is 491. The highest BCUT2D eigenvalue weighted by atomic mass is 19.1. The number of phenolic OH excluding ortho intramolecular Hbond substituents is 1. The van der Waals surface area contributed by atoms with Crippen molar-refractivity contribution < 1.29 is 28.9 Å². The fourth-order valence-electron chi connectivity index (χ4n) is 1.79. The second-order valence-corrected chi connectivity index (χ2v) is 3.90. The molecular weight excluding hydrogens is 245 g/mol. The molecule has 0 amide bonds. The highest BCUT2D eigenvalue weighted by Gasteiger charge is 2.28. The Labute approximate surface area is 102 Å². The van der Waals surface area contributed by atoms with Gasteiger partial charge in [-0.3, -0.25) is 4.79 Å². The van der Waals surface area contributed by atoms with E-state index in [1.807, 2.05) is 0 Å². The molecule has 1 unspecified atom stereocenters. The Kier molecular flexibility index (Phi) is 3.24. The van der Waals surface area contributed by atoms with Crippen molar-refractivity contribution in [1.82, 2.24) is 0 Å². The summed E-state index contributed by atoms with van der Waals surface area (Å²) in [6, 6.07) is 0.217. The van der Waals surface area contributed by atoms with Crippen LogP contribution in [0.4, 0.5) is 4.39 Å². The molecule has 7 heteroatoms. The van der Waals surface area contributed by atoms with Crippen LogP contribution in [0.3, 0.4) is 0 Å². The number of halogens is 1. The van der Waals surface area contributed by atoms with Crippen LogP contribution in [0.25, 0.3) is 0 Å². The Morgan fingerprint density at radius 2 is 2.28 bits per heavy atom. The van der Waals surface area contributed by atoms with Crippen molar-refractivity contribution in [1.29, 1.82) is 0 Å². The Morgan fingerprint density at radius 3 is 2.94 bits per heavy atom. The molecule has 6 nitrogen and oxygen atoms in total. The smallest absolute Gasteiger partial charge is 0.303 e. The van der Waals surface area contributed by atoms with Gasteiger partial charge in [-0.1, -0.05) is 0 Å². The number of nitrogens with two attached hydrogens (primary N) is 1. The number of aromatic hydroxyl groups is 1. The third kappa shape index (κ3) is 2.17. The maximum absolute atomic E-state index is 13.8. The average molecular weight is 257 g/mol. The Balaban J connectivity index is 2.34. The molecule has 1 heterocycles. The molecule has 98 valence electrons. The van der Waals surface area contributed by atoms with Crippen LogP contribution in [-0.4, -0.2) is 23.0 Å². The third-order valence-electron chi connectivity index (χ3n) is 2.66. The zero-order valence-electron chi connectivity index (χ0n) is 9.35. The standard InChI is InChI=1S/C11H12FNO5/c12-10-6(14)3-7-11(18-4-17-7)9(10)5(13)1-2-8(15)16/h3,5,14H,1-2,4,13H2,(H,15,16). The van der Waals surface area contributed by atoms with Crippen LogP contribution in [-0.2, 0) is 4.79 Å². The second-order valence-electron chi connectivity index (χ2n) is 3.90. The minimum absolute atomic E-state index is 0.0332. The summed E-state index contributed by atoms with van der Waals surface area (Å²) in [5.41, 5.74) is 5.68. The summed E-state index contributed by atoms with van der Waals surface area (Å²) in [5, 5.41) is 18.0. The van der Waals surface area contributed by atoms with Gasteiger partial charge in [-0.25, -0.2) is 4.39 Å². The quantitative estimate of drug-likeness (QED) is 0.747. The van der Waals surface area contributed by atoms with E-state index in [-0.39, 0.29) is 36.7 Å². The van der Waals surface area contributed by atoms with Crippen molar-refractivity contribution in [2.45, 2.75) is 18.9 Å². The van der Waals surface area contributed by atoms with E-state index in [9.17, 15) is 14.3 Å².